The Labute approximate surface area is 135 Å². The molecule has 0 atom stereocenters. The van der Waals surface area contributed by atoms with Crippen molar-refractivity contribution in [1.82, 2.24) is 9.13 Å². The second-order valence-electron chi connectivity index (χ2n) is 3.89. The maximum Gasteiger partial charge on any atom is 0.0640 e. The monoisotopic (exact) mass is 365 g/mol. The number of nitrogens with two attached hydrogens (primary N) is 1. The molecule has 114 valence electrons. The minimum absolute atomic E-state index is 0. The van der Waals surface area contributed by atoms with Crippen LogP contribution in [0.2, 0.25) is 0 Å². The number of hydrogen-bond donors (Lipinski definition) is 1. The van der Waals surface area contributed by atoms with E-state index < -0.39 is 0 Å². The van der Waals surface area contributed by atoms with E-state index in [2.05, 4.69) is 23.0 Å². The zero-order valence-corrected chi connectivity index (χ0v) is 13.4. The van der Waals surface area contributed by atoms with Crippen LogP contribution in [-0.4, -0.2) is 15.7 Å². The molecular formula is C15H23N4Pd-. The second kappa shape index (κ2) is 14.1. The normalized spacial score (nSPS) is 8.40. The molecule has 2 aromatic rings. The average molecular weight is 366 g/mol. The molecule has 0 amide bonds. The van der Waals surface area contributed by atoms with Crippen LogP contribution in [0.1, 0.15) is 12.8 Å². The van der Waals surface area contributed by atoms with Crippen LogP contribution in [0.25, 0.3) is 0 Å². The first-order valence-corrected chi connectivity index (χ1v) is 6.15. The molecule has 2 heterocycles. The largest absolute Gasteiger partial charge is 0.358 e. The Morgan fingerprint density at radius 2 is 1.35 bits per heavy atom. The number of aromatic nitrogens is 2. The summed E-state index contributed by atoms with van der Waals surface area (Å²) in [6.45, 7) is 2.63. The molecule has 0 radical (unpaired) electrons. The summed E-state index contributed by atoms with van der Waals surface area (Å²) in [5, 5.41) is 8.20. The predicted molar refractivity (Wildman–Crippen MR) is 79.2 cm³/mol. The van der Waals surface area contributed by atoms with Gasteiger partial charge in [0.1, 0.15) is 0 Å². The van der Waals surface area contributed by atoms with E-state index in [1.54, 1.807) is 0 Å². The van der Waals surface area contributed by atoms with Gasteiger partial charge >= 0.3 is 0 Å². The molecule has 0 fully saturated rings. The average Bonchev–Trinajstić information content (AvgIpc) is 3.07. The van der Waals surface area contributed by atoms with E-state index in [4.69, 9.17) is 11.0 Å². The Hall–Kier alpha value is -1.33. The molecule has 2 rings (SSSR count). The van der Waals surface area contributed by atoms with Gasteiger partial charge in [0.25, 0.3) is 0 Å². The van der Waals surface area contributed by atoms with Crippen molar-refractivity contribution >= 4 is 0 Å². The van der Waals surface area contributed by atoms with E-state index >= 15 is 0 Å². The topological polar surface area (TPSA) is 59.7 Å². The Bertz CT molecular complexity index is 429. The minimum atomic E-state index is 0. The van der Waals surface area contributed by atoms with Crippen molar-refractivity contribution < 1.29 is 20.4 Å². The van der Waals surface area contributed by atoms with Crippen LogP contribution in [0, 0.1) is 18.8 Å². The summed E-state index contributed by atoms with van der Waals surface area (Å²) in [5.74, 6) is 0. The van der Waals surface area contributed by atoms with Gasteiger partial charge in [-0.3, -0.25) is 0 Å². The first-order valence-electron chi connectivity index (χ1n) is 6.15. The van der Waals surface area contributed by atoms with Crippen LogP contribution in [0.3, 0.4) is 0 Å². The van der Waals surface area contributed by atoms with Gasteiger partial charge in [0, 0.05) is 58.3 Å². The van der Waals surface area contributed by atoms with Crippen molar-refractivity contribution in [3.63, 3.8) is 0 Å². The third-order valence-corrected chi connectivity index (χ3v) is 2.43. The third-order valence-electron chi connectivity index (χ3n) is 2.43. The van der Waals surface area contributed by atoms with E-state index in [9.17, 15) is 0 Å². The van der Waals surface area contributed by atoms with Gasteiger partial charge in [-0.2, -0.15) is 5.26 Å². The summed E-state index contributed by atoms with van der Waals surface area (Å²) in [5.41, 5.74) is 5.33. The number of hydrogen-bond acceptors (Lipinski definition) is 2. The number of rotatable bonds is 5. The van der Waals surface area contributed by atoms with Gasteiger partial charge < -0.3 is 22.3 Å². The van der Waals surface area contributed by atoms with Crippen LogP contribution in [-0.2, 0) is 33.5 Å². The Balaban J connectivity index is 0. The fourth-order valence-corrected chi connectivity index (χ4v) is 1.49. The van der Waals surface area contributed by atoms with Crippen LogP contribution in [0.4, 0.5) is 0 Å². The molecule has 0 spiro atoms. The molecule has 0 aliphatic heterocycles. The minimum Gasteiger partial charge on any atom is -0.358 e. The first kappa shape index (κ1) is 21.0. The van der Waals surface area contributed by atoms with E-state index in [1.165, 1.54) is 0 Å². The zero-order valence-electron chi connectivity index (χ0n) is 11.9. The van der Waals surface area contributed by atoms with E-state index in [-0.39, 0.29) is 27.8 Å². The molecular weight excluding hydrogens is 343 g/mol. The standard InChI is InChI=1S/C7H12N2.C7H8N2.CH3.Pd/c2*8-4-3-7-9-5-1-2-6-9;;/h1-2,5-6H,3-4,7-8H2;1-2,5-6H,3,7H2;1H3;/q;;-1;. The molecule has 0 aromatic carbocycles. The summed E-state index contributed by atoms with van der Waals surface area (Å²) >= 11 is 0. The van der Waals surface area contributed by atoms with Crippen LogP contribution in [0.5, 0.6) is 0 Å². The van der Waals surface area contributed by atoms with Crippen LogP contribution < -0.4 is 5.73 Å². The van der Waals surface area contributed by atoms with Crippen molar-refractivity contribution in [3.8, 4) is 6.07 Å². The van der Waals surface area contributed by atoms with Gasteiger partial charge in [0.15, 0.2) is 0 Å². The zero-order chi connectivity index (χ0) is 13.1. The van der Waals surface area contributed by atoms with Crippen molar-refractivity contribution in [2.24, 2.45) is 5.73 Å². The molecule has 0 saturated heterocycles. The molecule has 0 aliphatic rings. The summed E-state index contributed by atoms with van der Waals surface area (Å²) < 4.78 is 4.12. The fraction of sp³-hybridized carbons (Fsp3) is 0.333. The summed E-state index contributed by atoms with van der Waals surface area (Å²) in [7, 11) is 0. The van der Waals surface area contributed by atoms with Crippen molar-refractivity contribution in [2.75, 3.05) is 6.54 Å². The molecule has 5 heteroatoms. The molecule has 20 heavy (non-hydrogen) atoms. The second-order valence-corrected chi connectivity index (χ2v) is 3.89. The Morgan fingerprint density at radius 1 is 0.900 bits per heavy atom. The SMILES string of the molecule is N#CCCn1cccc1.NCCCn1cccc1.[CH3-].[Pd]. The molecule has 2 aromatic heterocycles. The van der Waals surface area contributed by atoms with E-state index in [0.717, 1.165) is 26.1 Å². The Kier molecular flexibility index (Phi) is 14.8. The van der Waals surface area contributed by atoms with Gasteiger partial charge in [-0.15, -0.1) is 0 Å². The quantitative estimate of drug-likeness (QED) is 0.654. The molecule has 4 nitrogen and oxygen atoms in total. The van der Waals surface area contributed by atoms with Gasteiger partial charge in [-0.05, 0) is 37.2 Å². The maximum atomic E-state index is 8.20. The molecule has 2 N–H and O–H groups in total. The molecule has 0 aliphatic carbocycles. The number of nitrogens with zero attached hydrogens (tertiary/aromatic N) is 3. The Morgan fingerprint density at radius 3 is 1.75 bits per heavy atom. The van der Waals surface area contributed by atoms with Crippen LogP contribution in [0.15, 0.2) is 49.1 Å². The van der Waals surface area contributed by atoms with Crippen molar-refractivity contribution in [3.05, 3.63) is 56.5 Å². The van der Waals surface area contributed by atoms with Gasteiger partial charge in [-0.1, -0.05) is 0 Å². The van der Waals surface area contributed by atoms with E-state index in [0.29, 0.717) is 6.42 Å². The van der Waals surface area contributed by atoms with Gasteiger partial charge in [-0.25, -0.2) is 0 Å². The first-order chi connectivity index (χ1) is 8.86. The smallest absolute Gasteiger partial charge is 0.0640 e. The van der Waals surface area contributed by atoms with Crippen LogP contribution >= 0.6 is 0 Å². The summed E-state index contributed by atoms with van der Waals surface area (Å²) in [6, 6.07) is 10.0. The maximum absolute atomic E-state index is 8.20. The predicted octanol–water partition coefficient (Wildman–Crippen LogP) is 2.69. The van der Waals surface area contributed by atoms with E-state index in [1.807, 2.05) is 41.2 Å². The number of nitriles is 1. The summed E-state index contributed by atoms with van der Waals surface area (Å²) in [4.78, 5) is 0. The van der Waals surface area contributed by atoms with Crippen molar-refractivity contribution in [1.29, 1.82) is 5.26 Å². The molecule has 0 unspecified atom stereocenters. The third kappa shape index (κ3) is 9.58. The van der Waals surface area contributed by atoms with Gasteiger partial charge in [0.2, 0.25) is 0 Å². The van der Waals surface area contributed by atoms with Crippen molar-refractivity contribution in [2.45, 2.75) is 25.9 Å². The fourth-order valence-electron chi connectivity index (χ4n) is 1.49. The summed E-state index contributed by atoms with van der Waals surface area (Å²) in [6.07, 6.45) is 9.67. The molecule has 0 saturated carbocycles. The molecule has 0 bridgehead atoms. The van der Waals surface area contributed by atoms with Gasteiger partial charge in [0.05, 0.1) is 12.5 Å². The number of aryl methyl sites for hydroxylation is 2.